The molecule has 0 bridgehead atoms. The number of hydrogen-bond acceptors (Lipinski definition) is 2. The summed E-state index contributed by atoms with van der Waals surface area (Å²) in [6, 6.07) is 3.59. The second-order valence-electron chi connectivity index (χ2n) is 4.52. The maximum absolute atomic E-state index is 13.8. The van der Waals surface area contributed by atoms with Crippen molar-refractivity contribution in [3.63, 3.8) is 0 Å². The maximum Gasteiger partial charge on any atom is 0.140 e. The molecule has 2 N–H and O–H groups in total. The van der Waals surface area contributed by atoms with Crippen LogP contribution in [0.5, 0.6) is 0 Å². The average Bonchev–Trinajstić information content (AvgIpc) is 2.92. The third-order valence-corrected chi connectivity index (χ3v) is 3.49. The van der Waals surface area contributed by atoms with Gasteiger partial charge >= 0.3 is 0 Å². The van der Waals surface area contributed by atoms with E-state index in [1.54, 1.807) is 13.2 Å². The van der Waals surface area contributed by atoms with Gasteiger partial charge in [0.1, 0.15) is 5.82 Å². The molecule has 0 heterocycles. The molecule has 0 atom stereocenters. The molecular formula is C12H15BrFNO. The van der Waals surface area contributed by atoms with Crippen molar-refractivity contribution in [2.24, 2.45) is 5.73 Å². The van der Waals surface area contributed by atoms with Crippen LogP contribution in [0.1, 0.15) is 24.0 Å². The first kappa shape index (κ1) is 12.0. The Balaban J connectivity index is 2.27. The Morgan fingerprint density at radius 1 is 1.50 bits per heavy atom. The summed E-state index contributed by atoms with van der Waals surface area (Å²) in [5.41, 5.74) is 7.48. The van der Waals surface area contributed by atoms with Crippen molar-refractivity contribution in [2.45, 2.75) is 31.4 Å². The molecule has 1 saturated carbocycles. The smallest absolute Gasteiger partial charge is 0.140 e. The van der Waals surface area contributed by atoms with Crippen molar-refractivity contribution < 1.29 is 9.13 Å². The topological polar surface area (TPSA) is 35.2 Å². The van der Waals surface area contributed by atoms with E-state index in [0.29, 0.717) is 23.1 Å². The first-order chi connectivity index (χ1) is 7.54. The number of ether oxygens (including phenoxy) is 1. The van der Waals surface area contributed by atoms with Crippen molar-refractivity contribution >= 4 is 15.9 Å². The molecule has 1 aromatic carbocycles. The Morgan fingerprint density at radius 3 is 2.75 bits per heavy atom. The van der Waals surface area contributed by atoms with Gasteiger partial charge in [-0.15, -0.1) is 0 Å². The number of methoxy groups -OCH3 is 1. The standard InChI is InChI=1S/C12H15BrFNO/c1-16-7-8-4-9(6-12(15)2-3-12)11(14)10(13)5-8/h4-5H,2-3,6-7,15H2,1H3. The summed E-state index contributed by atoms with van der Waals surface area (Å²) in [5.74, 6) is -0.198. The van der Waals surface area contributed by atoms with Crippen LogP contribution < -0.4 is 5.73 Å². The largest absolute Gasteiger partial charge is 0.380 e. The predicted molar refractivity (Wildman–Crippen MR) is 64.7 cm³/mol. The third-order valence-electron chi connectivity index (χ3n) is 2.91. The lowest BCUT2D eigenvalue weighted by molar-refractivity contribution is 0.184. The number of benzene rings is 1. The first-order valence-corrected chi connectivity index (χ1v) is 6.08. The van der Waals surface area contributed by atoms with Crippen LogP contribution in [-0.2, 0) is 17.8 Å². The minimum atomic E-state index is -0.198. The van der Waals surface area contributed by atoms with Crippen LogP contribution in [0.2, 0.25) is 0 Å². The van der Waals surface area contributed by atoms with Gasteiger partial charge in [-0.2, -0.15) is 0 Å². The van der Waals surface area contributed by atoms with E-state index in [4.69, 9.17) is 10.5 Å². The van der Waals surface area contributed by atoms with Gasteiger partial charge in [-0.1, -0.05) is 6.07 Å². The maximum atomic E-state index is 13.8. The molecule has 0 radical (unpaired) electrons. The molecule has 1 aliphatic rings. The van der Waals surface area contributed by atoms with Crippen LogP contribution in [0, 0.1) is 5.82 Å². The van der Waals surface area contributed by atoms with Crippen molar-refractivity contribution in [1.29, 1.82) is 0 Å². The molecular weight excluding hydrogens is 273 g/mol. The molecule has 0 unspecified atom stereocenters. The molecule has 1 aliphatic carbocycles. The number of hydrogen-bond donors (Lipinski definition) is 1. The summed E-state index contributed by atoms with van der Waals surface area (Å²) in [5, 5.41) is 0. The molecule has 4 heteroatoms. The van der Waals surface area contributed by atoms with Gasteiger partial charge < -0.3 is 10.5 Å². The Morgan fingerprint density at radius 2 is 2.19 bits per heavy atom. The summed E-state index contributed by atoms with van der Waals surface area (Å²) >= 11 is 3.22. The van der Waals surface area contributed by atoms with Crippen molar-refractivity contribution in [2.75, 3.05) is 7.11 Å². The third kappa shape index (κ3) is 2.62. The van der Waals surface area contributed by atoms with Crippen LogP contribution >= 0.6 is 15.9 Å². The molecule has 2 nitrogen and oxygen atoms in total. The molecule has 1 aromatic rings. The number of rotatable bonds is 4. The van der Waals surface area contributed by atoms with Crippen molar-refractivity contribution in [1.82, 2.24) is 0 Å². The zero-order valence-corrected chi connectivity index (χ0v) is 10.8. The highest BCUT2D eigenvalue weighted by atomic mass is 79.9. The normalized spacial score (nSPS) is 17.5. The second kappa shape index (κ2) is 4.43. The zero-order valence-electron chi connectivity index (χ0n) is 9.22. The lowest BCUT2D eigenvalue weighted by Crippen LogP contribution is -2.25. The summed E-state index contributed by atoms with van der Waals surface area (Å²) < 4.78 is 19.4. The summed E-state index contributed by atoms with van der Waals surface area (Å²) in [4.78, 5) is 0. The fourth-order valence-corrected chi connectivity index (χ4v) is 2.35. The second-order valence-corrected chi connectivity index (χ2v) is 5.38. The van der Waals surface area contributed by atoms with E-state index in [2.05, 4.69) is 15.9 Å². The SMILES string of the molecule is COCc1cc(Br)c(F)c(CC2(N)CC2)c1. The van der Waals surface area contributed by atoms with Crippen LogP contribution in [0.25, 0.3) is 0 Å². The Bertz CT molecular complexity index is 404. The quantitative estimate of drug-likeness (QED) is 0.924. The summed E-state index contributed by atoms with van der Waals surface area (Å²) in [6.45, 7) is 0.490. The number of halogens is 2. The first-order valence-electron chi connectivity index (χ1n) is 5.29. The Hall–Kier alpha value is -0.450. The van der Waals surface area contributed by atoms with Gasteiger partial charge in [-0.05, 0) is 52.4 Å². The van der Waals surface area contributed by atoms with E-state index in [0.717, 1.165) is 18.4 Å². The minimum absolute atomic E-state index is 0.175. The molecule has 16 heavy (non-hydrogen) atoms. The number of nitrogens with two attached hydrogens (primary N) is 1. The lowest BCUT2D eigenvalue weighted by Gasteiger charge is -2.12. The Kier molecular flexibility index (Phi) is 3.33. The molecule has 0 saturated heterocycles. The van der Waals surface area contributed by atoms with Gasteiger partial charge in [0.25, 0.3) is 0 Å². The Labute approximate surface area is 103 Å². The van der Waals surface area contributed by atoms with Crippen LogP contribution in [0.15, 0.2) is 16.6 Å². The van der Waals surface area contributed by atoms with E-state index in [9.17, 15) is 4.39 Å². The molecule has 1 fully saturated rings. The van der Waals surface area contributed by atoms with E-state index >= 15 is 0 Å². The van der Waals surface area contributed by atoms with Gasteiger partial charge in [-0.25, -0.2) is 4.39 Å². The molecule has 88 valence electrons. The van der Waals surface area contributed by atoms with E-state index in [1.807, 2.05) is 6.07 Å². The van der Waals surface area contributed by atoms with Crippen LogP contribution in [0.3, 0.4) is 0 Å². The molecule has 2 rings (SSSR count). The van der Waals surface area contributed by atoms with Gasteiger partial charge in [0.2, 0.25) is 0 Å². The molecule has 0 aromatic heterocycles. The molecule has 0 aliphatic heterocycles. The van der Waals surface area contributed by atoms with Crippen LogP contribution in [-0.4, -0.2) is 12.6 Å². The average molecular weight is 288 g/mol. The minimum Gasteiger partial charge on any atom is -0.380 e. The van der Waals surface area contributed by atoms with Gasteiger partial charge in [0.15, 0.2) is 0 Å². The lowest BCUT2D eigenvalue weighted by atomic mass is 10.0. The van der Waals surface area contributed by atoms with Gasteiger partial charge in [0.05, 0.1) is 11.1 Å². The molecule has 0 amide bonds. The monoisotopic (exact) mass is 287 g/mol. The van der Waals surface area contributed by atoms with Crippen molar-refractivity contribution in [3.05, 3.63) is 33.5 Å². The highest BCUT2D eigenvalue weighted by Crippen LogP contribution is 2.37. The van der Waals surface area contributed by atoms with E-state index in [-0.39, 0.29) is 11.4 Å². The fourth-order valence-electron chi connectivity index (χ4n) is 1.80. The summed E-state index contributed by atoms with van der Waals surface area (Å²) in [7, 11) is 1.63. The molecule has 0 spiro atoms. The van der Waals surface area contributed by atoms with E-state index < -0.39 is 0 Å². The highest BCUT2D eigenvalue weighted by Gasteiger charge is 2.38. The predicted octanol–water partition coefficient (Wildman–Crippen LogP) is 2.77. The zero-order chi connectivity index (χ0) is 11.8. The van der Waals surface area contributed by atoms with Gasteiger partial charge in [-0.3, -0.25) is 0 Å². The van der Waals surface area contributed by atoms with E-state index in [1.165, 1.54) is 0 Å². The summed E-state index contributed by atoms with van der Waals surface area (Å²) in [6.07, 6.45) is 2.58. The highest BCUT2D eigenvalue weighted by molar-refractivity contribution is 9.10. The van der Waals surface area contributed by atoms with Gasteiger partial charge in [0, 0.05) is 12.6 Å². The van der Waals surface area contributed by atoms with Crippen molar-refractivity contribution in [3.8, 4) is 0 Å². The van der Waals surface area contributed by atoms with Crippen LogP contribution in [0.4, 0.5) is 4.39 Å². The fraction of sp³-hybridized carbons (Fsp3) is 0.500.